The second-order valence-electron chi connectivity index (χ2n) is 5.61. The number of carboxylic acids is 1. The molecule has 1 saturated heterocycles. The summed E-state index contributed by atoms with van der Waals surface area (Å²) in [6.07, 6.45) is 3.17. The van der Waals surface area contributed by atoms with Gasteiger partial charge in [-0.2, -0.15) is 0 Å². The average Bonchev–Trinajstić information content (AvgIpc) is 3.15. The molecule has 23 heavy (non-hydrogen) atoms. The van der Waals surface area contributed by atoms with Gasteiger partial charge in [0, 0.05) is 25.6 Å². The van der Waals surface area contributed by atoms with Crippen LogP contribution in [0.5, 0.6) is 0 Å². The molecule has 7 nitrogen and oxygen atoms in total. The fraction of sp³-hybridized carbons (Fsp3) is 0.467. The molecule has 0 aliphatic carbocycles. The van der Waals surface area contributed by atoms with Crippen LogP contribution in [0.1, 0.15) is 25.7 Å². The Labute approximate surface area is 136 Å². The lowest BCUT2D eigenvalue weighted by Gasteiger charge is -2.23. The number of hydrogen-bond donors (Lipinski definition) is 1. The molecule has 0 radical (unpaired) electrons. The summed E-state index contributed by atoms with van der Waals surface area (Å²) in [7, 11) is 0. The van der Waals surface area contributed by atoms with E-state index in [1.807, 2.05) is 5.38 Å². The summed E-state index contributed by atoms with van der Waals surface area (Å²) >= 11 is 1.41. The minimum Gasteiger partial charge on any atom is -0.481 e. The number of aromatic nitrogens is 2. The van der Waals surface area contributed by atoms with Crippen molar-refractivity contribution < 1.29 is 14.7 Å². The van der Waals surface area contributed by atoms with Crippen LogP contribution in [0.3, 0.4) is 0 Å². The first-order chi connectivity index (χ1) is 11.1. The summed E-state index contributed by atoms with van der Waals surface area (Å²) in [5.74, 6) is -0.996. The van der Waals surface area contributed by atoms with E-state index in [-0.39, 0.29) is 36.9 Å². The molecule has 0 bridgehead atoms. The molecule has 0 saturated carbocycles. The number of aliphatic carboxylic acids is 1. The van der Waals surface area contributed by atoms with Gasteiger partial charge in [0.2, 0.25) is 5.91 Å². The van der Waals surface area contributed by atoms with Crippen LogP contribution in [0.4, 0.5) is 0 Å². The third-order valence-electron chi connectivity index (χ3n) is 4.12. The predicted octanol–water partition coefficient (Wildman–Crippen LogP) is 1.31. The van der Waals surface area contributed by atoms with Crippen molar-refractivity contribution in [1.29, 1.82) is 0 Å². The second-order valence-corrected chi connectivity index (χ2v) is 6.51. The maximum absolute atomic E-state index is 12.3. The first-order valence-corrected chi connectivity index (χ1v) is 8.38. The largest absolute Gasteiger partial charge is 0.481 e. The van der Waals surface area contributed by atoms with Gasteiger partial charge in [-0.05, 0) is 24.3 Å². The summed E-state index contributed by atoms with van der Waals surface area (Å²) in [6, 6.07) is 1.51. The summed E-state index contributed by atoms with van der Waals surface area (Å²) < 4.78 is 1.44. The Morgan fingerprint density at radius 1 is 1.43 bits per heavy atom. The van der Waals surface area contributed by atoms with E-state index in [1.54, 1.807) is 11.0 Å². The van der Waals surface area contributed by atoms with Crippen molar-refractivity contribution in [2.75, 3.05) is 6.54 Å². The van der Waals surface area contributed by atoms with Crippen LogP contribution in [-0.2, 0) is 16.1 Å². The van der Waals surface area contributed by atoms with Gasteiger partial charge in [-0.15, -0.1) is 11.3 Å². The number of rotatable bonds is 5. The Balaban J connectivity index is 1.67. The highest BCUT2D eigenvalue weighted by Crippen LogP contribution is 2.21. The van der Waals surface area contributed by atoms with Crippen LogP contribution >= 0.6 is 11.3 Å². The van der Waals surface area contributed by atoms with Crippen LogP contribution in [-0.4, -0.2) is 44.0 Å². The molecule has 1 unspecified atom stereocenters. The topological polar surface area (TPSA) is 92.5 Å². The highest BCUT2D eigenvalue weighted by Gasteiger charge is 2.29. The highest BCUT2D eigenvalue weighted by atomic mass is 32.1. The van der Waals surface area contributed by atoms with Gasteiger partial charge in [-0.25, -0.2) is 4.98 Å². The fourth-order valence-electron chi connectivity index (χ4n) is 2.99. The Morgan fingerprint density at radius 3 is 3.04 bits per heavy atom. The van der Waals surface area contributed by atoms with Crippen molar-refractivity contribution in [3.63, 3.8) is 0 Å². The normalized spacial score (nSPS) is 17.7. The van der Waals surface area contributed by atoms with E-state index in [9.17, 15) is 14.4 Å². The Kier molecular flexibility index (Phi) is 4.42. The van der Waals surface area contributed by atoms with E-state index >= 15 is 0 Å². The number of thiophene rings is 1. The molecule has 2 aromatic rings. The van der Waals surface area contributed by atoms with Gasteiger partial charge in [0.1, 0.15) is 4.83 Å². The Bertz CT molecular complexity index is 797. The van der Waals surface area contributed by atoms with Gasteiger partial charge in [0.05, 0.1) is 18.1 Å². The lowest BCUT2D eigenvalue weighted by atomic mass is 10.1. The van der Waals surface area contributed by atoms with Crippen molar-refractivity contribution in [3.05, 3.63) is 28.1 Å². The minimum atomic E-state index is -0.891. The number of likely N-dealkylation sites (tertiary alicyclic amines) is 1. The van der Waals surface area contributed by atoms with Gasteiger partial charge < -0.3 is 10.0 Å². The number of carbonyl (C=O) groups is 2. The van der Waals surface area contributed by atoms with E-state index in [0.29, 0.717) is 16.8 Å². The molecular formula is C15H17N3O4S. The number of fused-ring (bicyclic) bond motifs is 1. The van der Waals surface area contributed by atoms with E-state index in [1.165, 1.54) is 22.2 Å². The van der Waals surface area contributed by atoms with E-state index in [0.717, 1.165) is 12.8 Å². The van der Waals surface area contributed by atoms with Gasteiger partial charge >= 0.3 is 5.97 Å². The van der Waals surface area contributed by atoms with Gasteiger partial charge in [0.25, 0.3) is 5.56 Å². The average molecular weight is 335 g/mol. The fourth-order valence-corrected chi connectivity index (χ4v) is 3.71. The van der Waals surface area contributed by atoms with Crippen LogP contribution in [0, 0.1) is 0 Å². The summed E-state index contributed by atoms with van der Waals surface area (Å²) in [5, 5.41) is 11.3. The number of carboxylic acid groups (broad SMARTS) is 1. The summed E-state index contributed by atoms with van der Waals surface area (Å²) in [4.78, 5) is 42.0. The van der Waals surface area contributed by atoms with Crippen LogP contribution in [0.15, 0.2) is 22.6 Å². The second kappa shape index (κ2) is 6.49. The van der Waals surface area contributed by atoms with Crippen molar-refractivity contribution in [3.8, 4) is 0 Å². The van der Waals surface area contributed by atoms with Crippen LogP contribution in [0.25, 0.3) is 10.2 Å². The lowest BCUT2D eigenvalue weighted by molar-refractivity contribution is -0.139. The van der Waals surface area contributed by atoms with Gasteiger partial charge in [-0.3, -0.25) is 19.0 Å². The first-order valence-electron chi connectivity index (χ1n) is 7.50. The molecular weight excluding hydrogens is 318 g/mol. The summed E-state index contributed by atoms with van der Waals surface area (Å²) in [6.45, 7) is 0.847. The molecule has 1 fully saturated rings. The van der Waals surface area contributed by atoms with Crippen molar-refractivity contribution in [1.82, 2.24) is 14.5 Å². The van der Waals surface area contributed by atoms with Crippen molar-refractivity contribution in [2.45, 2.75) is 38.3 Å². The predicted molar refractivity (Wildman–Crippen MR) is 85.5 cm³/mol. The highest BCUT2D eigenvalue weighted by molar-refractivity contribution is 7.16. The third kappa shape index (κ3) is 3.26. The standard InChI is InChI=1S/C15H17N3O4S/c19-12(18-5-1-2-10(18)8-13(20)21)3-6-17-9-16-14-11(15(17)22)4-7-23-14/h4,7,9-10H,1-3,5-6,8H2,(H,20,21). The molecule has 1 amide bonds. The monoisotopic (exact) mass is 335 g/mol. The number of hydrogen-bond acceptors (Lipinski definition) is 5. The van der Waals surface area contributed by atoms with Crippen molar-refractivity contribution in [2.24, 2.45) is 0 Å². The third-order valence-corrected chi connectivity index (χ3v) is 4.95. The smallest absolute Gasteiger partial charge is 0.305 e. The molecule has 8 heteroatoms. The number of amides is 1. The van der Waals surface area contributed by atoms with Crippen molar-refractivity contribution >= 4 is 33.4 Å². The number of carbonyl (C=O) groups excluding carboxylic acids is 1. The Morgan fingerprint density at radius 2 is 2.26 bits per heavy atom. The molecule has 0 aromatic carbocycles. The minimum absolute atomic E-state index is 0.0197. The SMILES string of the molecule is O=C(O)CC1CCCN1C(=O)CCn1cnc2sccc2c1=O. The molecule has 1 atom stereocenters. The Hall–Kier alpha value is -2.22. The van der Waals surface area contributed by atoms with E-state index < -0.39 is 5.97 Å². The van der Waals surface area contributed by atoms with Crippen LogP contribution < -0.4 is 5.56 Å². The lowest BCUT2D eigenvalue weighted by Crippen LogP contribution is -2.37. The molecule has 3 heterocycles. The zero-order valence-electron chi connectivity index (χ0n) is 12.5. The van der Waals surface area contributed by atoms with E-state index in [4.69, 9.17) is 5.11 Å². The van der Waals surface area contributed by atoms with Crippen LogP contribution in [0.2, 0.25) is 0 Å². The quantitative estimate of drug-likeness (QED) is 0.889. The maximum Gasteiger partial charge on any atom is 0.305 e. The molecule has 122 valence electrons. The maximum atomic E-state index is 12.3. The molecule has 1 N–H and O–H groups in total. The number of aryl methyl sites for hydroxylation is 1. The molecule has 3 rings (SSSR count). The zero-order chi connectivity index (χ0) is 16.4. The van der Waals surface area contributed by atoms with E-state index in [2.05, 4.69) is 4.98 Å². The molecule has 0 spiro atoms. The zero-order valence-corrected chi connectivity index (χ0v) is 13.3. The molecule has 2 aromatic heterocycles. The number of nitrogens with zero attached hydrogens (tertiary/aromatic N) is 3. The summed E-state index contributed by atoms with van der Waals surface area (Å²) in [5.41, 5.74) is -0.146. The van der Waals surface area contributed by atoms with Gasteiger partial charge in [0.15, 0.2) is 0 Å². The first kappa shape index (κ1) is 15.7. The molecule has 1 aliphatic rings. The molecule has 1 aliphatic heterocycles. The van der Waals surface area contributed by atoms with Gasteiger partial charge in [-0.1, -0.05) is 0 Å².